The van der Waals surface area contributed by atoms with Crippen LogP contribution in [0.2, 0.25) is 0 Å². The lowest BCUT2D eigenvalue weighted by atomic mass is 10.0. The third-order valence-corrected chi connectivity index (χ3v) is 5.27. The van der Waals surface area contributed by atoms with E-state index >= 15 is 0 Å². The molecule has 0 N–H and O–H groups in total. The summed E-state index contributed by atoms with van der Waals surface area (Å²) in [6, 6.07) is 9.81. The van der Waals surface area contributed by atoms with E-state index in [1.807, 2.05) is 53.9 Å². The number of aromatic nitrogens is 3. The second-order valence-corrected chi connectivity index (χ2v) is 6.75. The van der Waals surface area contributed by atoms with E-state index in [0.29, 0.717) is 5.56 Å². The van der Waals surface area contributed by atoms with Gasteiger partial charge in [0, 0.05) is 36.4 Å². The molecule has 128 valence electrons. The number of para-hydroxylation sites is 1. The van der Waals surface area contributed by atoms with Gasteiger partial charge in [0.05, 0.1) is 22.8 Å². The number of hydrogen-bond acceptors (Lipinski definition) is 3. The maximum Gasteiger partial charge on any atom is 0.256 e. The van der Waals surface area contributed by atoms with Crippen molar-refractivity contribution < 1.29 is 4.79 Å². The monoisotopic (exact) mass is 334 g/mol. The first-order valence-electron chi connectivity index (χ1n) is 8.72. The smallest absolute Gasteiger partial charge is 0.256 e. The van der Waals surface area contributed by atoms with Crippen LogP contribution in [0.25, 0.3) is 10.9 Å². The van der Waals surface area contributed by atoms with Gasteiger partial charge >= 0.3 is 0 Å². The summed E-state index contributed by atoms with van der Waals surface area (Å²) < 4.78 is 1.91. The van der Waals surface area contributed by atoms with Crippen molar-refractivity contribution in [2.75, 3.05) is 6.54 Å². The minimum Gasteiger partial charge on any atom is -0.331 e. The van der Waals surface area contributed by atoms with Gasteiger partial charge in [-0.25, -0.2) is 0 Å². The lowest BCUT2D eigenvalue weighted by molar-refractivity contribution is 0.0737. The Labute approximate surface area is 147 Å². The van der Waals surface area contributed by atoms with Gasteiger partial charge in [0.2, 0.25) is 0 Å². The molecule has 1 aliphatic rings. The zero-order valence-electron chi connectivity index (χ0n) is 14.9. The average molecular weight is 334 g/mol. The van der Waals surface area contributed by atoms with Crippen molar-refractivity contribution in [1.82, 2.24) is 19.7 Å². The van der Waals surface area contributed by atoms with E-state index in [4.69, 9.17) is 0 Å². The summed E-state index contributed by atoms with van der Waals surface area (Å²) >= 11 is 0. The van der Waals surface area contributed by atoms with Gasteiger partial charge in [-0.3, -0.25) is 14.5 Å². The number of rotatable bonds is 2. The fraction of sp³-hybridized carbons (Fsp3) is 0.350. The van der Waals surface area contributed by atoms with Crippen LogP contribution in [0.4, 0.5) is 0 Å². The highest BCUT2D eigenvalue weighted by atomic mass is 16.2. The molecule has 1 atom stereocenters. The third-order valence-electron chi connectivity index (χ3n) is 5.27. The van der Waals surface area contributed by atoms with Gasteiger partial charge in [-0.1, -0.05) is 18.2 Å². The Kier molecular flexibility index (Phi) is 3.79. The Bertz CT molecular complexity index is 954. The molecule has 5 nitrogen and oxygen atoms in total. The molecule has 0 saturated carbocycles. The zero-order valence-corrected chi connectivity index (χ0v) is 14.9. The predicted octanol–water partition coefficient (Wildman–Crippen LogP) is 3.56. The number of carbonyl (C=O) groups excluding carboxylic acids is 1. The summed E-state index contributed by atoms with van der Waals surface area (Å²) in [5.74, 6) is 0.0643. The van der Waals surface area contributed by atoms with E-state index < -0.39 is 0 Å². The molecular weight excluding hydrogens is 312 g/mol. The van der Waals surface area contributed by atoms with Crippen LogP contribution in [0.15, 0.2) is 36.5 Å². The minimum absolute atomic E-state index is 0.0643. The van der Waals surface area contributed by atoms with Crippen molar-refractivity contribution in [3.63, 3.8) is 0 Å². The normalized spacial score (nSPS) is 17.4. The van der Waals surface area contributed by atoms with E-state index in [9.17, 15) is 4.79 Å². The molecule has 0 spiro atoms. The Balaban J connectivity index is 1.76. The van der Waals surface area contributed by atoms with Gasteiger partial charge in [0.25, 0.3) is 5.91 Å². The SMILES string of the molecule is Cc1nn(C)c(C)c1[C@H]1CCCN1C(=O)c1cccc2cccnc12. The number of likely N-dealkylation sites (tertiary alicyclic amines) is 1. The number of nitrogens with zero attached hydrogens (tertiary/aromatic N) is 4. The van der Waals surface area contributed by atoms with Gasteiger partial charge in [0.1, 0.15) is 0 Å². The number of benzene rings is 1. The molecule has 1 aliphatic heterocycles. The van der Waals surface area contributed by atoms with Gasteiger partial charge in [0.15, 0.2) is 0 Å². The lowest BCUT2D eigenvalue weighted by Gasteiger charge is -2.26. The molecule has 1 fully saturated rings. The van der Waals surface area contributed by atoms with E-state index in [-0.39, 0.29) is 11.9 Å². The van der Waals surface area contributed by atoms with Gasteiger partial charge < -0.3 is 4.90 Å². The molecule has 3 aromatic rings. The fourth-order valence-electron chi connectivity index (χ4n) is 4.01. The van der Waals surface area contributed by atoms with Gasteiger partial charge in [-0.15, -0.1) is 0 Å². The van der Waals surface area contributed by atoms with E-state index in [2.05, 4.69) is 17.0 Å². The van der Waals surface area contributed by atoms with Crippen molar-refractivity contribution in [2.24, 2.45) is 7.05 Å². The van der Waals surface area contributed by atoms with Crippen molar-refractivity contribution in [2.45, 2.75) is 32.7 Å². The Hall–Kier alpha value is -2.69. The van der Waals surface area contributed by atoms with Crippen LogP contribution in [0.5, 0.6) is 0 Å². The molecule has 0 unspecified atom stereocenters. The topological polar surface area (TPSA) is 51.0 Å². The summed E-state index contributed by atoms with van der Waals surface area (Å²) in [6.07, 6.45) is 3.75. The molecule has 0 radical (unpaired) electrons. The predicted molar refractivity (Wildman–Crippen MR) is 97.4 cm³/mol. The summed E-state index contributed by atoms with van der Waals surface area (Å²) in [4.78, 5) is 19.8. The number of amides is 1. The molecule has 1 aromatic carbocycles. The molecule has 1 amide bonds. The van der Waals surface area contributed by atoms with E-state index in [1.54, 1.807) is 6.20 Å². The Morgan fingerprint density at radius 1 is 1.20 bits per heavy atom. The number of aryl methyl sites for hydroxylation is 2. The average Bonchev–Trinajstić information content (AvgIpc) is 3.18. The van der Waals surface area contributed by atoms with E-state index in [0.717, 1.165) is 41.7 Å². The van der Waals surface area contributed by atoms with Crippen LogP contribution in [-0.2, 0) is 7.05 Å². The van der Waals surface area contributed by atoms with Crippen molar-refractivity contribution in [1.29, 1.82) is 0 Å². The first-order chi connectivity index (χ1) is 12.1. The Morgan fingerprint density at radius 3 is 2.76 bits per heavy atom. The number of pyridine rings is 1. The maximum absolute atomic E-state index is 13.3. The van der Waals surface area contributed by atoms with Crippen molar-refractivity contribution in [3.05, 3.63) is 59.0 Å². The quantitative estimate of drug-likeness (QED) is 0.720. The second-order valence-electron chi connectivity index (χ2n) is 6.75. The summed E-state index contributed by atoms with van der Waals surface area (Å²) in [7, 11) is 1.96. The number of hydrogen-bond donors (Lipinski definition) is 0. The molecule has 3 heterocycles. The molecule has 5 heteroatoms. The molecule has 0 bridgehead atoms. The molecule has 4 rings (SSSR count). The maximum atomic E-state index is 13.3. The molecule has 0 aliphatic carbocycles. The fourth-order valence-corrected chi connectivity index (χ4v) is 4.01. The number of fused-ring (bicyclic) bond motifs is 1. The summed E-state index contributed by atoms with van der Waals surface area (Å²) in [6.45, 7) is 4.89. The zero-order chi connectivity index (χ0) is 17.6. The van der Waals surface area contributed by atoms with Gasteiger partial charge in [-0.05, 0) is 38.8 Å². The van der Waals surface area contributed by atoms with Crippen molar-refractivity contribution >= 4 is 16.8 Å². The van der Waals surface area contributed by atoms with Crippen molar-refractivity contribution in [3.8, 4) is 0 Å². The lowest BCUT2D eigenvalue weighted by Crippen LogP contribution is -2.31. The summed E-state index contributed by atoms with van der Waals surface area (Å²) in [5, 5.41) is 5.54. The highest BCUT2D eigenvalue weighted by Gasteiger charge is 2.34. The highest BCUT2D eigenvalue weighted by molar-refractivity contribution is 6.05. The first-order valence-corrected chi connectivity index (χ1v) is 8.72. The molecule has 2 aromatic heterocycles. The minimum atomic E-state index is 0.0643. The third kappa shape index (κ3) is 2.51. The summed E-state index contributed by atoms with van der Waals surface area (Å²) in [5.41, 5.74) is 4.81. The van der Waals surface area contributed by atoms with Gasteiger partial charge in [-0.2, -0.15) is 5.10 Å². The Morgan fingerprint density at radius 2 is 2.00 bits per heavy atom. The molecule has 1 saturated heterocycles. The second kappa shape index (κ2) is 5.99. The van der Waals surface area contributed by atoms with Crippen LogP contribution < -0.4 is 0 Å². The standard InChI is InChI=1S/C20H22N4O/c1-13-18(14(2)23(3)22-13)17-10-6-12-24(17)20(25)16-9-4-7-15-8-5-11-21-19(15)16/h4-5,7-9,11,17H,6,10,12H2,1-3H3/t17-/m1/s1. The molecular formula is C20H22N4O. The largest absolute Gasteiger partial charge is 0.331 e. The number of carbonyl (C=O) groups is 1. The van der Waals surface area contributed by atoms with Crippen LogP contribution in [0.3, 0.4) is 0 Å². The van der Waals surface area contributed by atoms with Crippen LogP contribution in [0.1, 0.15) is 46.2 Å². The van der Waals surface area contributed by atoms with Crippen LogP contribution >= 0.6 is 0 Å². The van der Waals surface area contributed by atoms with E-state index in [1.165, 1.54) is 5.56 Å². The first kappa shape index (κ1) is 15.8. The molecule has 25 heavy (non-hydrogen) atoms. The van der Waals surface area contributed by atoms with Crippen LogP contribution in [-0.4, -0.2) is 32.1 Å². The van der Waals surface area contributed by atoms with Crippen LogP contribution in [0, 0.1) is 13.8 Å². The highest BCUT2D eigenvalue weighted by Crippen LogP contribution is 2.36.